The molecular weight excluding hydrogens is 466 g/mol. The van der Waals surface area contributed by atoms with Crippen LogP contribution in [0.1, 0.15) is 0 Å². The van der Waals surface area contributed by atoms with Crippen molar-refractivity contribution in [2.75, 3.05) is 0 Å². The SMILES string of the molecule is c1ccc2c(c1)sc1c(-c3cc(-c4ccc5c6ccccc6c6ccccc6c5c4)ccn3)cccc12. The fraction of sp³-hybridized carbons (Fsp3) is 0. The van der Waals surface area contributed by atoms with Gasteiger partial charge in [0, 0.05) is 31.9 Å². The second-order valence-electron chi connectivity index (χ2n) is 9.56. The van der Waals surface area contributed by atoms with E-state index in [9.17, 15) is 0 Å². The van der Waals surface area contributed by atoms with E-state index in [0.29, 0.717) is 0 Å². The van der Waals surface area contributed by atoms with Crippen molar-refractivity contribution in [2.24, 2.45) is 0 Å². The van der Waals surface area contributed by atoms with Gasteiger partial charge >= 0.3 is 0 Å². The molecule has 1 nitrogen and oxygen atoms in total. The van der Waals surface area contributed by atoms with Crippen molar-refractivity contribution in [1.82, 2.24) is 4.98 Å². The van der Waals surface area contributed by atoms with Crippen molar-refractivity contribution >= 4 is 63.8 Å². The van der Waals surface area contributed by atoms with Gasteiger partial charge in [-0.2, -0.15) is 0 Å². The summed E-state index contributed by atoms with van der Waals surface area (Å²) in [6.07, 6.45) is 1.94. The van der Waals surface area contributed by atoms with Crippen LogP contribution in [0.5, 0.6) is 0 Å². The lowest BCUT2D eigenvalue weighted by Gasteiger charge is -2.12. The van der Waals surface area contributed by atoms with Crippen LogP contribution in [0.2, 0.25) is 0 Å². The number of hydrogen-bond acceptors (Lipinski definition) is 2. The van der Waals surface area contributed by atoms with E-state index in [1.54, 1.807) is 0 Å². The number of aromatic nitrogens is 1. The molecule has 0 amide bonds. The number of rotatable bonds is 2. The van der Waals surface area contributed by atoms with Crippen molar-refractivity contribution in [3.63, 3.8) is 0 Å². The lowest BCUT2D eigenvalue weighted by Crippen LogP contribution is -1.87. The Bertz CT molecular complexity index is 2120. The highest BCUT2D eigenvalue weighted by atomic mass is 32.1. The Balaban J connectivity index is 1.34. The summed E-state index contributed by atoms with van der Waals surface area (Å²) in [7, 11) is 0. The Kier molecular flexibility index (Phi) is 4.46. The van der Waals surface area contributed by atoms with Crippen molar-refractivity contribution < 1.29 is 0 Å². The molecular formula is C35H21NS. The van der Waals surface area contributed by atoms with E-state index < -0.39 is 0 Å². The van der Waals surface area contributed by atoms with Gasteiger partial charge in [0.15, 0.2) is 0 Å². The predicted molar refractivity (Wildman–Crippen MR) is 161 cm³/mol. The van der Waals surface area contributed by atoms with Crippen LogP contribution in [0, 0.1) is 0 Å². The minimum absolute atomic E-state index is 1.01. The molecule has 172 valence electrons. The topological polar surface area (TPSA) is 12.9 Å². The summed E-state index contributed by atoms with van der Waals surface area (Å²) in [6, 6.07) is 44.0. The number of pyridine rings is 1. The Hall–Kier alpha value is -4.53. The zero-order valence-corrected chi connectivity index (χ0v) is 20.8. The molecule has 2 heterocycles. The van der Waals surface area contributed by atoms with Gasteiger partial charge in [-0.05, 0) is 67.7 Å². The Morgan fingerprint density at radius 2 is 1.03 bits per heavy atom. The molecule has 0 aliphatic heterocycles. The van der Waals surface area contributed by atoms with Crippen LogP contribution in [-0.4, -0.2) is 4.98 Å². The summed E-state index contributed by atoms with van der Waals surface area (Å²) in [5.41, 5.74) is 4.60. The maximum atomic E-state index is 4.82. The van der Waals surface area contributed by atoms with Crippen molar-refractivity contribution in [1.29, 1.82) is 0 Å². The molecule has 0 saturated heterocycles. The van der Waals surface area contributed by atoms with Gasteiger partial charge < -0.3 is 0 Å². The summed E-state index contributed by atoms with van der Waals surface area (Å²) in [4.78, 5) is 4.82. The third-order valence-corrected chi connectivity index (χ3v) is 8.74. The zero-order valence-electron chi connectivity index (χ0n) is 20.0. The van der Waals surface area contributed by atoms with E-state index in [1.807, 2.05) is 17.5 Å². The standard InChI is InChI=1S/C35H21NS/c1-2-10-26-24(8-1)25-9-3-4-11-27(25)32-20-22(16-17-28(26)32)23-18-19-36-33(21-23)31-14-7-13-30-29-12-5-6-15-34(29)37-35(30)31/h1-21H. The molecule has 2 heteroatoms. The van der Waals surface area contributed by atoms with E-state index in [1.165, 1.54) is 69.2 Å². The first-order chi connectivity index (χ1) is 18.3. The first-order valence-electron chi connectivity index (χ1n) is 12.6. The number of hydrogen-bond donors (Lipinski definition) is 0. The lowest BCUT2D eigenvalue weighted by molar-refractivity contribution is 1.33. The molecule has 0 spiro atoms. The molecule has 0 atom stereocenters. The van der Waals surface area contributed by atoms with E-state index >= 15 is 0 Å². The molecule has 0 unspecified atom stereocenters. The summed E-state index contributed by atoms with van der Waals surface area (Å²) < 4.78 is 2.61. The second-order valence-corrected chi connectivity index (χ2v) is 10.6. The summed E-state index contributed by atoms with van der Waals surface area (Å²) >= 11 is 1.85. The van der Waals surface area contributed by atoms with Gasteiger partial charge in [-0.15, -0.1) is 11.3 Å². The summed E-state index contributed by atoms with van der Waals surface area (Å²) in [5.74, 6) is 0. The Morgan fingerprint density at radius 1 is 0.432 bits per heavy atom. The number of thiophene rings is 1. The van der Waals surface area contributed by atoms with E-state index in [0.717, 1.165) is 5.69 Å². The van der Waals surface area contributed by atoms with Crippen molar-refractivity contribution in [2.45, 2.75) is 0 Å². The molecule has 37 heavy (non-hydrogen) atoms. The molecule has 6 aromatic carbocycles. The fourth-order valence-electron chi connectivity index (χ4n) is 5.79. The van der Waals surface area contributed by atoms with Crippen LogP contribution in [0.3, 0.4) is 0 Å². The van der Waals surface area contributed by atoms with Crippen LogP contribution < -0.4 is 0 Å². The van der Waals surface area contributed by atoms with Gasteiger partial charge in [-0.1, -0.05) is 97.1 Å². The first-order valence-corrected chi connectivity index (χ1v) is 13.4. The summed E-state index contributed by atoms with van der Waals surface area (Å²) in [6.45, 7) is 0. The normalized spacial score (nSPS) is 11.8. The van der Waals surface area contributed by atoms with Gasteiger partial charge in [-0.25, -0.2) is 0 Å². The second kappa shape index (κ2) is 7.99. The van der Waals surface area contributed by atoms with Crippen molar-refractivity contribution in [3.8, 4) is 22.4 Å². The number of fused-ring (bicyclic) bond motifs is 9. The number of nitrogens with zero attached hydrogens (tertiary/aromatic N) is 1. The van der Waals surface area contributed by atoms with Gasteiger partial charge in [0.1, 0.15) is 0 Å². The minimum Gasteiger partial charge on any atom is -0.256 e. The number of benzene rings is 6. The first kappa shape index (κ1) is 20.6. The molecule has 0 aliphatic rings. The van der Waals surface area contributed by atoms with Crippen molar-refractivity contribution in [3.05, 3.63) is 128 Å². The molecule has 8 aromatic rings. The van der Waals surface area contributed by atoms with E-state index in [-0.39, 0.29) is 0 Å². The van der Waals surface area contributed by atoms with Crippen LogP contribution in [0.25, 0.3) is 74.9 Å². The van der Waals surface area contributed by atoms with E-state index in [2.05, 4.69) is 121 Å². The Labute approximate surface area is 218 Å². The third kappa shape index (κ3) is 3.13. The highest BCUT2D eigenvalue weighted by Gasteiger charge is 2.13. The molecule has 0 aliphatic carbocycles. The van der Waals surface area contributed by atoms with Gasteiger partial charge in [0.05, 0.1) is 5.69 Å². The molecule has 0 radical (unpaired) electrons. The predicted octanol–water partition coefficient (Wildman–Crippen LogP) is 10.2. The largest absolute Gasteiger partial charge is 0.256 e. The monoisotopic (exact) mass is 487 g/mol. The Morgan fingerprint density at radius 3 is 1.78 bits per heavy atom. The molecule has 8 rings (SSSR count). The minimum atomic E-state index is 1.01. The highest BCUT2D eigenvalue weighted by molar-refractivity contribution is 7.26. The smallest absolute Gasteiger partial charge is 0.0722 e. The quantitative estimate of drug-likeness (QED) is 0.221. The maximum absolute atomic E-state index is 4.82. The highest BCUT2D eigenvalue weighted by Crippen LogP contribution is 2.41. The fourth-order valence-corrected chi connectivity index (χ4v) is 7.02. The van der Waals surface area contributed by atoms with Crippen LogP contribution in [0.15, 0.2) is 128 Å². The van der Waals surface area contributed by atoms with Crippen LogP contribution in [0.4, 0.5) is 0 Å². The zero-order chi connectivity index (χ0) is 24.3. The lowest BCUT2D eigenvalue weighted by atomic mass is 9.92. The average molecular weight is 488 g/mol. The average Bonchev–Trinajstić information content (AvgIpc) is 3.36. The van der Waals surface area contributed by atoms with Gasteiger partial charge in [-0.3, -0.25) is 4.98 Å². The molecule has 0 bridgehead atoms. The maximum Gasteiger partial charge on any atom is 0.0722 e. The van der Waals surface area contributed by atoms with Gasteiger partial charge in [0.2, 0.25) is 0 Å². The molecule has 0 N–H and O–H groups in total. The van der Waals surface area contributed by atoms with Crippen LogP contribution in [-0.2, 0) is 0 Å². The summed E-state index contributed by atoms with van der Waals surface area (Å²) in [5, 5.41) is 10.4. The van der Waals surface area contributed by atoms with Gasteiger partial charge in [0.25, 0.3) is 0 Å². The van der Waals surface area contributed by atoms with E-state index in [4.69, 9.17) is 4.98 Å². The molecule has 0 fully saturated rings. The molecule has 2 aromatic heterocycles. The third-order valence-electron chi connectivity index (χ3n) is 7.52. The van der Waals surface area contributed by atoms with Crippen LogP contribution >= 0.6 is 11.3 Å². The molecule has 0 saturated carbocycles.